The van der Waals surface area contributed by atoms with Crippen molar-refractivity contribution in [3.8, 4) is 11.3 Å². The second kappa shape index (κ2) is 11.6. The molecule has 2 N–H and O–H groups in total. The number of hydrogen-bond donors (Lipinski definition) is 2. The molecular weight excluding hydrogens is 518 g/mol. The summed E-state index contributed by atoms with van der Waals surface area (Å²) in [4.78, 5) is 28.9. The molecule has 1 saturated carbocycles. The van der Waals surface area contributed by atoms with E-state index >= 15 is 0 Å². The van der Waals surface area contributed by atoms with Crippen molar-refractivity contribution in [2.24, 2.45) is 0 Å². The van der Waals surface area contributed by atoms with Crippen molar-refractivity contribution in [2.45, 2.75) is 50.7 Å². The monoisotopic (exact) mass is 547 g/mol. The molecule has 1 aliphatic rings. The van der Waals surface area contributed by atoms with Crippen molar-refractivity contribution < 1.29 is 27.2 Å². The average Bonchev–Trinajstić information content (AvgIpc) is 3.64. The fourth-order valence-corrected chi connectivity index (χ4v) is 5.45. The minimum Gasteiger partial charge on any atom is -0.466 e. The van der Waals surface area contributed by atoms with Crippen LogP contribution < -0.4 is 10.0 Å². The Balaban J connectivity index is 1.60. The third-order valence-electron chi connectivity index (χ3n) is 6.13. The van der Waals surface area contributed by atoms with Gasteiger partial charge in [0.25, 0.3) is 5.91 Å². The van der Waals surface area contributed by atoms with Gasteiger partial charge in [0.2, 0.25) is 15.7 Å². The van der Waals surface area contributed by atoms with Crippen molar-refractivity contribution in [1.82, 2.24) is 15.0 Å². The predicted octanol–water partition coefficient (Wildman–Crippen LogP) is 4.54. The molecule has 2 aromatic heterocycles. The zero-order valence-corrected chi connectivity index (χ0v) is 22.4. The fourth-order valence-electron chi connectivity index (χ4n) is 4.18. The zero-order valence-electron chi connectivity index (χ0n) is 20.8. The van der Waals surface area contributed by atoms with Crippen LogP contribution in [0, 0.1) is 0 Å². The Labute approximate surface area is 221 Å². The number of amides is 1. The second-order valence-electron chi connectivity index (χ2n) is 8.96. The molecule has 1 aromatic carbocycles. The number of ether oxygens (including phenoxy) is 1. The molecule has 0 bridgehead atoms. The highest BCUT2D eigenvalue weighted by Gasteiger charge is 2.31. The number of hydrogen-bond acceptors (Lipinski definition) is 7. The number of carbonyl (C=O) groups excluding carboxylic acids is 2. The van der Waals surface area contributed by atoms with Crippen LogP contribution in [0.2, 0.25) is 5.02 Å². The highest BCUT2D eigenvalue weighted by atomic mass is 35.5. The standard InChI is InChI=1S/C26H30ClN3O6S/c1-3-35-22(31)6-4-5-13-29-37(33,34)15-21-19(16-7-8-16)14-20-23(25(32)28-2)24(36-26(20)30-21)17-9-11-18(27)12-10-17/h9-12,14,16,29H,3-8,13,15H2,1-2H3,(H,28,32). The van der Waals surface area contributed by atoms with E-state index in [0.717, 1.165) is 18.4 Å². The van der Waals surface area contributed by atoms with Gasteiger partial charge in [-0.25, -0.2) is 18.1 Å². The number of esters is 1. The molecule has 3 aromatic rings. The van der Waals surface area contributed by atoms with Gasteiger partial charge >= 0.3 is 5.97 Å². The van der Waals surface area contributed by atoms with E-state index in [1.165, 1.54) is 0 Å². The topological polar surface area (TPSA) is 128 Å². The summed E-state index contributed by atoms with van der Waals surface area (Å²) in [5, 5.41) is 3.75. The molecule has 0 spiro atoms. The first-order valence-electron chi connectivity index (χ1n) is 12.3. The van der Waals surface area contributed by atoms with Gasteiger partial charge in [0.15, 0.2) is 0 Å². The number of benzene rings is 1. The lowest BCUT2D eigenvalue weighted by Gasteiger charge is -2.10. The number of rotatable bonds is 12. The Morgan fingerprint density at radius 2 is 1.92 bits per heavy atom. The highest BCUT2D eigenvalue weighted by Crippen LogP contribution is 2.44. The van der Waals surface area contributed by atoms with Crippen LogP contribution in [0.4, 0.5) is 0 Å². The molecule has 0 radical (unpaired) electrons. The van der Waals surface area contributed by atoms with Crippen LogP contribution in [0.1, 0.15) is 66.6 Å². The first-order valence-corrected chi connectivity index (χ1v) is 14.3. The number of pyridine rings is 1. The Bertz CT molecular complexity index is 1400. The van der Waals surface area contributed by atoms with E-state index in [9.17, 15) is 18.0 Å². The molecule has 0 aliphatic heterocycles. The van der Waals surface area contributed by atoms with E-state index in [1.807, 2.05) is 6.07 Å². The molecule has 11 heteroatoms. The van der Waals surface area contributed by atoms with Gasteiger partial charge < -0.3 is 14.5 Å². The number of furan rings is 1. The van der Waals surface area contributed by atoms with Crippen LogP contribution in [-0.2, 0) is 25.3 Å². The van der Waals surface area contributed by atoms with Gasteiger partial charge in [-0.2, -0.15) is 0 Å². The van der Waals surface area contributed by atoms with Crippen molar-refractivity contribution >= 4 is 44.6 Å². The summed E-state index contributed by atoms with van der Waals surface area (Å²) in [5.74, 6) is -0.376. The molecule has 2 heterocycles. The number of sulfonamides is 1. The molecule has 0 atom stereocenters. The lowest BCUT2D eigenvalue weighted by atomic mass is 10.0. The van der Waals surface area contributed by atoms with Crippen molar-refractivity contribution in [3.05, 3.63) is 52.2 Å². The summed E-state index contributed by atoms with van der Waals surface area (Å²) in [6.07, 6.45) is 3.15. The third kappa shape index (κ3) is 6.68. The zero-order chi connectivity index (χ0) is 26.6. The lowest BCUT2D eigenvalue weighted by molar-refractivity contribution is -0.143. The maximum atomic E-state index is 12.9. The van der Waals surface area contributed by atoms with E-state index < -0.39 is 10.0 Å². The maximum absolute atomic E-state index is 12.9. The summed E-state index contributed by atoms with van der Waals surface area (Å²) in [6, 6.07) is 8.77. The summed E-state index contributed by atoms with van der Waals surface area (Å²) in [7, 11) is -2.14. The van der Waals surface area contributed by atoms with E-state index in [2.05, 4.69) is 15.0 Å². The quantitative estimate of drug-likeness (QED) is 0.252. The molecule has 1 fully saturated rings. The van der Waals surface area contributed by atoms with Gasteiger partial charge in [-0.1, -0.05) is 11.6 Å². The van der Waals surface area contributed by atoms with Crippen molar-refractivity contribution in [2.75, 3.05) is 20.2 Å². The van der Waals surface area contributed by atoms with Gasteiger partial charge in [0.05, 0.1) is 23.3 Å². The van der Waals surface area contributed by atoms with E-state index in [1.54, 1.807) is 38.2 Å². The van der Waals surface area contributed by atoms with Crippen LogP contribution in [0.25, 0.3) is 22.4 Å². The van der Waals surface area contributed by atoms with Crippen LogP contribution in [0.3, 0.4) is 0 Å². The van der Waals surface area contributed by atoms with Crippen LogP contribution in [0.15, 0.2) is 34.7 Å². The normalized spacial score (nSPS) is 13.6. The van der Waals surface area contributed by atoms with Gasteiger partial charge in [-0.15, -0.1) is 0 Å². The maximum Gasteiger partial charge on any atom is 0.305 e. The number of fused-ring (bicyclic) bond motifs is 1. The molecule has 37 heavy (non-hydrogen) atoms. The summed E-state index contributed by atoms with van der Waals surface area (Å²) < 4.78 is 39.2. The molecule has 0 unspecified atom stereocenters. The molecule has 4 rings (SSSR count). The van der Waals surface area contributed by atoms with Crippen molar-refractivity contribution in [1.29, 1.82) is 0 Å². The number of carbonyl (C=O) groups is 2. The SMILES string of the molecule is CCOC(=O)CCCCNS(=O)(=O)Cc1nc2oc(-c3ccc(Cl)cc3)c(C(=O)NC)c2cc1C1CC1. The first-order chi connectivity index (χ1) is 17.7. The fraction of sp³-hybridized carbons (Fsp3) is 0.423. The van der Waals surface area contributed by atoms with Gasteiger partial charge in [-0.3, -0.25) is 9.59 Å². The number of unbranched alkanes of at least 4 members (excludes halogenated alkanes) is 1. The Kier molecular flexibility index (Phi) is 8.51. The summed E-state index contributed by atoms with van der Waals surface area (Å²) >= 11 is 6.03. The molecule has 0 saturated heterocycles. The predicted molar refractivity (Wildman–Crippen MR) is 141 cm³/mol. The molecule has 9 nitrogen and oxygen atoms in total. The van der Waals surface area contributed by atoms with E-state index in [0.29, 0.717) is 52.4 Å². The van der Waals surface area contributed by atoms with Crippen LogP contribution in [0.5, 0.6) is 0 Å². The molecule has 1 amide bonds. The van der Waals surface area contributed by atoms with Gasteiger partial charge in [-0.05, 0) is 74.4 Å². The smallest absolute Gasteiger partial charge is 0.305 e. The minimum atomic E-state index is -3.69. The van der Waals surface area contributed by atoms with Gasteiger partial charge in [0.1, 0.15) is 11.5 Å². The Morgan fingerprint density at radius 1 is 1.19 bits per heavy atom. The van der Waals surface area contributed by atoms with Crippen LogP contribution in [-0.4, -0.2) is 45.5 Å². The minimum absolute atomic E-state index is 0.193. The highest BCUT2D eigenvalue weighted by molar-refractivity contribution is 7.88. The lowest BCUT2D eigenvalue weighted by Crippen LogP contribution is -2.27. The number of nitrogens with zero attached hydrogens (tertiary/aromatic N) is 1. The van der Waals surface area contributed by atoms with Crippen LogP contribution >= 0.6 is 11.6 Å². The second-order valence-corrected chi connectivity index (χ2v) is 11.2. The summed E-state index contributed by atoms with van der Waals surface area (Å²) in [6.45, 7) is 2.28. The van der Waals surface area contributed by atoms with Crippen molar-refractivity contribution in [3.63, 3.8) is 0 Å². The van der Waals surface area contributed by atoms with E-state index in [-0.39, 0.29) is 42.2 Å². The number of nitrogens with one attached hydrogen (secondary N) is 2. The number of halogens is 1. The average molecular weight is 548 g/mol. The molecular formula is C26H30ClN3O6S. The van der Waals surface area contributed by atoms with E-state index in [4.69, 9.17) is 20.8 Å². The Morgan fingerprint density at radius 3 is 2.57 bits per heavy atom. The first kappa shape index (κ1) is 27.1. The molecule has 1 aliphatic carbocycles. The largest absolute Gasteiger partial charge is 0.466 e. The Hall–Kier alpha value is -2.95. The van der Waals surface area contributed by atoms with Gasteiger partial charge in [0, 0.05) is 30.6 Å². The third-order valence-corrected chi connectivity index (χ3v) is 7.68. The summed E-state index contributed by atoms with van der Waals surface area (Å²) in [5.41, 5.74) is 2.44. The number of aromatic nitrogens is 1. The molecule has 198 valence electrons.